The minimum absolute atomic E-state index is 0.00106. The van der Waals surface area contributed by atoms with E-state index in [0.717, 1.165) is 0 Å². The van der Waals surface area contributed by atoms with E-state index in [-0.39, 0.29) is 29.3 Å². The van der Waals surface area contributed by atoms with Crippen molar-refractivity contribution in [2.75, 3.05) is 20.2 Å². The van der Waals surface area contributed by atoms with E-state index in [0.29, 0.717) is 37.1 Å². The van der Waals surface area contributed by atoms with Crippen molar-refractivity contribution >= 4 is 5.91 Å². The Labute approximate surface area is 152 Å². The van der Waals surface area contributed by atoms with Crippen molar-refractivity contribution in [3.63, 3.8) is 0 Å². The Kier molecular flexibility index (Phi) is 5.52. The number of nitrogens with zero attached hydrogens (tertiary/aromatic N) is 2. The molecule has 3 rings (SSSR count). The van der Waals surface area contributed by atoms with Crippen LogP contribution in [0.5, 0.6) is 0 Å². The summed E-state index contributed by atoms with van der Waals surface area (Å²) in [6, 6.07) is 9.70. The van der Waals surface area contributed by atoms with Crippen LogP contribution in [0.25, 0.3) is 0 Å². The number of amides is 1. The Morgan fingerprint density at radius 2 is 2.08 bits per heavy atom. The molecule has 0 aliphatic carbocycles. The Balaban J connectivity index is 1.78. The minimum atomic E-state index is -0.239. The van der Waals surface area contributed by atoms with E-state index >= 15 is 0 Å². The number of halogens is 1. The summed E-state index contributed by atoms with van der Waals surface area (Å²) in [6.45, 7) is 1.03. The van der Waals surface area contributed by atoms with Gasteiger partial charge in [0.1, 0.15) is 5.82 Å². The van der Waals surface area contributed by atoms with Gasteiger partial charge in [0.15, 0.2) is 0 Å². The van der Waals surface area contributed by atoms with Crippen LogP contribution in [0.4, 0.5) is 4.39 Å². The van der Waals surface area contributed by atoms with E-state index in [1.165, 1.54) is 16.7 Å². The molecule has 0 radical (unpaired) electrons. The highest BCUT2D eigenvalue weighted by Crippen LogP contribution is 2.25. The lowest BCUT2D eigenvalue weighted by Crippen LogP contribution is -2.47. The molecule has 2 heterocycles. The number of rotatable bonds is 4. The lowest BCUT2D eigenvalue weighted by molar-refractivity contribution is -0.00321. The fourth-order valence-corrected chi connectivity index (χ4v) is 3.51. The predicted octanol–water partition coefficient (Wildman–Crippen LogP) is 2.24. The highest BCUT2D eigenvalue weighted by atomic mass is 19.1. The molecule has 1 saturated heterocycles. The first kappa shape index (κ1) is 18.3. The number of hydrogen-bond acceptors (Lipinski definition) is 3. The number of pyridine rings is 1. The third-order valence-electron chi connectivity index (χ3n) is 5.05. The quantitative estimate of drug-likeness (QED) is 0.842. The second kappa shape index (κ2) is 7.83. The summed E-state index contributed by atoms with van der Waals surface area (Å²) < 4.78 is 21.0. The third-order valence-corrected chi connectivity index (χ3v) is 5.05. The molecule has 0 saturated carbocycles. The van der Waals surface area contributed by atoms with Gasteiger partial charge in [-0.25, -0.2) is 4.39 Å². The van der Waals surface area contributed by atoms with Crippen molar-refractivity contribution in [1.29, 1.82) is 0 Å². The van der Waals surface area contributed by atoms with Gasteiger partial charge in [0.05, 0.1) is 6.10 Å². The van der Waals surface area contributed by atoms with Crippen LogP contribution in [0.3, 0.4) is 0 Å². The van der Waals surface area contributed by atoms with E-state index < -0.39 is 0 Å². The molecule has 0 spiro atoms. The number of likely N-dealkylation sites (tertiary alicyclic amines) is 1. The van der Waals surface area contributed by atoms with Crippen molar-refractivity contribution < 1.29 is 13.9 Å². The highest BCUT2D eigenvalue weighted by Gasteiger charge is 2.32. The lowest BCUT2D eigenvalue weighted by Gasteiger charge is -2.38. The van der Waals surface area contributed by atoms with Gasteiger partial charge in [-0.1, -0.05) is 18.2 Å². The lowest BCUT2D eigenvalue weighted by atomic mass is 9.88. The molecule has 6 heteroatoms. The van der Waals surface area contributed by atoms with E-state index in [1.807, 2.05) is 6.07 Å². The van der Waals surface area contributed by atoms with Gasteiger partial charge < -0.3 is 14.2 Å². The second-order valence-electron chi connectivity index (χ2n) is 6.73. The maximum absolute atomic E-state index is 14.0. The summed E-state index contributed by atoms with van der Waals surface area (Å²) in [6.07, 6.45) is 2.76. The molecule has 1 fully saturated rings. The molecule has 1 aliphatic heterocycles. The summed E-state index contributed by atoms with van der Waals surface area (Å²) in [5.41, 5.74) is 0.793. The molecule has 26 heavy (non-hydrogen) atoms. The zero-order valence-electron chi connectivity index (χ0n) is 15.0. The number of piperidine rings is 1. The average Bonchev–Trinajstić information content (AvgIpc) is 2.65. The summed E-state index contributed by atoms with van der Waals surface area (Å²) in [7, 11) is 3.29. The first-order chi connectivity index (χ1) is 12.5. The first-order valence-corrected chi connectivity index (χ1v) is 8.71. The van der Waals surface area contributed by atoms with Crippen molar-refractivity contribution in [2.24, 2.45) is 13.0 Å². The maximum Gasteiger partial charge on any atom is 0.254 e. The highest BCUT2D eigenvalue weighted by molar-refractivity contribution is 5.94. The molecule has 138 valence electrons. The van der Waals surface area contributed by atoms with Gasteiger partial charge >= 0.3 is 0 Å². The molecular weight excluding hydrogens is 335 g/mol. The number of benzene rings is 1. The molecular formula is C20H23FN2O3. The van der Waals surface area contributed by atoms with Crippen LogP contribution < -0.4 is 5.56 Å². The van der Waals surface area contributed by atoms with Crippen molar-refractivity contribution in [2.45, 2.75) is 18.9 Å². The van der Waals surface area contributed by atoms with Gasteiger partial charge in [-0.3, -0.25) is 9.59 Å². The van der Waals surface area contributed by atoms with Crippen LogP contribution in [-0.4, -0.2) is 41.7 Å². The summed E-state index contributed by atoms with van der Waals surface area (Å²) in [5, 5.41) is 0. The number of methoxy groups -OCH3 is 1. The van der Waals surface area contributed by atoms with E-state index in [9.17, 15) is 14.0 Å². The molecule has 1 aliphatic rings. The zero-order chi connectivity index (χ0) is 18.7. The molecule has 1 aromatic carbocycles. The zero-order valence-corrected chi connectivity index (χ0v) is 15.0. The van der Waals surface area contributed by atoms with E-state index in [2.05, 4.69) is 0 Å². The standard InChI is InChI=1S/C20H23FN2O3/c1-22-9-7-15(12-19(22)24)20(25)23-10-8-18(26-2)16(13-23)11-14-5-3-4-6-17(14)21/h3-7,9,12,16,18H,8,10-11,13H2,1-2H3/t16-,18+/m1/s1. The molecule has 0 bridgehead atoms. The molecule has 0 N–H and O–H groups in total. The maximum atomic E-state index is 14.0. The number of aromatic nitrogens is 1. The smallest absolute Gasteiger partial charge is 0.254 e. The molecule has 0 unspecified atom stereocenters. The van der Waals surface area contributed by atoms with E-state index in [4.69, 9.17) is 4.74 Å². The number of hydrogen-bond donors (Lipinski definition) is 0. The summed E-state index contributed by atoms with van der Waals surface area (Å²) in [5.74, 6) is -0.408. The Hall–Kier alpha value is -2.47. The molecule has 2 atom stereocenters. The van der Waals surface area contributed by atoms with Crippen molar-refractivity contribution in [1.82, 2.24) is 9.47 Å². The third kappa shape index (κ3) is 3.85. The molecule has 2 aromatic rings. The summed E-state index contributed by atoms with van der Waals surface area (Å²) in [4.78, 5) is 26.3. The van der Waals surface area contributed by atoms with Crippen LogP contribution >= 0.6 is 0 Å². The van der Waals surface area contributed by atoms with Crippen LogP contribution in [-0.2, 0) is 18.2 Å². The van der Waals surface area contributed by atoms with Crippen molar-refractivity contribution in [3.8, 4) is 0 Å². The van der Waals surface area contributed by atoms with Crippen LogP contribution in [0.15, 0.2) is 47.4 Å². The monoisotopic (exact) mass is 358 g/mol. The fraction of sp³-hybridized carbons (Fsp3) is 0.400. The molecule has 5 nitrogen and oxygen atoms in total. The van der Waals surface area contributed by atoms with Crippen LogP contribution in [0.2, 0.25) is 0 Å². The van der Waals surface area contributed by atoms with Gasteiger partial charge in [-0.15, -0.1) is 0 Å². The summed E-state index contributed by atoms with van der Waals surface area (Å²) >= 11 is 0. The van der Waals surface area contributed by atoms with Gasteiger partial charge in [0, 0.05) is 51.0 Å². The minimum Gasteiger partial charge on any atom is -0.381 e. The largest absolute Gasteiger partial charge is 0.381 e. The Morgan fingerprint density at radius 3 is 2.77 bits per heavy atom. The van der Waals surface area contributed by atoms with Crippen LogP contribution in [0.1, 0.15) is 22.3 Å². The van der Waals surface area contributed by atoms with Gasteiger partial charge in [-0.05, 0) is 30.5 Å². The Bertz CT molecular complexity index is 849. The predicted molar refractivity (Wildman–Crippen MR) is 96.6 cm³/mol. The second-order valence-corrected chi connectivity index (χ2v) is 6.73. The molecule has 1 amide bonds. The number of carbonyl (C=O) groups excluding carboxylic acids is 1. The number of carbonyl (C=O) groups is 1. The van der Waals surface area contributed by atoms with Gasteiger partial charge in [0.2, 0.25) is 0 Å². The van der Waals surface area contributed by atoms with Crippen LogP contribution in [0, 0.1) is 11.7 Å². The normalized spacial score (nSPS) is 20.2. The topological polar surface area (TPSA) is 51.5 Å². The van der Waals surface area contributed by atoms with Crippen molar-refractivity contribution in [3.05, 3.63) is 69.9 Å². The van der Waals surface area contributed by atoms with Gasteiger partial charge in [-0.2, -0.15) is 0 Å². The SMILES string of the molecule is CO[C@H]1CCN(C(=O)c2ccn(C)c(=O)c2)C[C@H]1Cc1ccccc1F. The average molecular weight is 358 g/mol. The number of aryl methyl sites for hydroxylation is 1. The Morgan fingerprint density at radius 1 is 1.31 bits per heavy atom. The van der Waals surface area contributed by atoms with Gasteiger partial charge in [0.25, 0.3) is 11.5 Å². The number of ether oxygens (including phenoxy) is 1. The van der Waals surface area contributed by atoms with E-state index in [1.54, 1.807) is 43.5 Å². The fourth-order valence-electron chi connectivity index (χ4n) is 3.51. The molecule has 1 aromatic heterocycles. The first-order valence-electron chi connectivity index (χ1n) is 8.71.